The van der Waals surface area contributed by atoms with Crippen LogP contribution in [0.5, 0.6) is 0 Å². The third-order valence-electron chi connectivity index (χ3n) is 1.67. The Morgan fingerprint density at radius 3 is 2.56 bits per heavy atom. The summed E-state index contributed by atoms with van der Waals surface area (Å²) in [7, 11) is 0. The zero-order valence-corrected chi connectivity index (χ0v) is 10.1. The molecule has 0 N–H and O–H groups in total. The predicted molar refractivity (Wildman–Crippen MR) is 67.3 cm³/mol. The maximum absolute atomic E-state index is 11.7. The van der Waals surface area contributed by atoms with Crippen molar-refractivity contribution in [1.29, 1.82) is 0 Å². The molecule has 3 heteroatoms. The van der Waals surface area contributed by atoms with Crippen LogP contribution in [-0.2, 0) is 0 Å². The number of carbonyl (C=O) groups excluding carboxylic acids is 1. The molecule has 0 atom stereocenters. The molecular weight excluding hydrogens is 200 g/mol. The number of carbonyl (C=O) groups is 1. The number of imidazole rings is 1. The van der Waals surface area contributed by atoms with Crippen LogP contribution in [0.1, 0.15) is 25.6 Å². The van der Waals surface area contributed by atoms with Gasteiger partial charge in [-0.3, -0.25) is 9.36 Å². The number of rotatable bonds is 3. The van der Waals surface area contributed by atoms with Crippen molar-refractivity contribution in [3.8, 4) is 0 Å². The summed E-state index contributed by atoms with van der Waals surface area (Å²) in [5.74, 6) is -0.129. The van der Waals surface area contributed by atoms with Crippen LogP contribution in [0.15, 0.2) is 55.2 Å². The Morgan fingerprint density at radius 1 is 1.44 bits per heavy atom. The maximum atomic E-state index is 11.7. The first kappa shape index (κ1) is 14.1. The third-order valence-corrected chi connectivity index (χ3v) is 1.67. The van der Waals surface area contributed by atoms with Gasteiger partial charge in [0.15, 0.2) is 0 Å². The largest absolute Gasteiger partial charge is 0.272 e. The van der Waals surface area contributed by atoms with Gasteiger partial charge in [-0.25, -0.2) is 4.98 Å². The molecule has 0 aromatic carbocycles. The highest BCUT2D eigenvalue weighted by Crippen LogP contribution is 2.01. The summed E-state index contributed by atoms with van der Waals surface area (Å²) < 4.78 is 1.41. The maximum Gasteiger partial charge on any atom is 0.263 e. The van der Waals surface area contributed by atoms with Crippen LogP contribution >= 0.6 is 0 Å². The van der Waals surface area contributed by atoms with Crippen LogP contribution in [0.3, 0.4) is 0 Å². The van der Waals surface area contributed by atoms with Crippen molar-refractivity contribution in [2.45, 2.75) is 20.8 Å². The summed E-state index contributed by atoms with van der Waals surface area (Å²) in [5.41, 5.74) is 0.543. The first-order valence-electron chi connectivity index (χ1n) is 5.27. The molecule has 0 aliphatic carbocycles. The normalized spacial score (nSPS) is 10.8. The number of hydrogen-bond donors (Lipinski definition) is 0. The van der Waals surface area contributed by atoms with E-state index in [1.54, 1.807) is 24.5 Å². The topological polar surface area (TPSA) is 34.9 Å². The van der Waals surface area contributed by atoms with Gasteiger partial charge in [-0.15, -0.1) is 0 Å². The van der Waals surface area contributed by atoms with Crippen molar-refractivity contribution >= 4 is 5.91 Å². The van der Waals surface area contributed by atoms with Gasteiger partial charge in [0.2, 0.25) is 0 Å². The van der Waals surface area contributed by atoms with Crippen molar-refractivity contribution in [3.63, 3.8) is 0 Å². The molecule has 1 rings (SSSR count). The van der Waals surface area contributed by atoms with Gasteiger partial charge < -0.3 is 0 Å². The molecule has 0 aliphatic heterocycles. The highest BCUT2D eigenvalue weighted by Gasteiger charge is 2.06. The Morgan fingerprint density at radius 2 is 2.12 bits per heavy atom. The zero-order chi connectivity index (χ0) is 12.4. The van der Waals surface area contributed by atoms with Crippen LogP contribution in [0.4, 0.5) is 0 Å². The minimum Gasteiger partial charge on any atom is -0.272 e. The van der Waals surface area contributed by atoms with E-state index in [-0.39, 0.29) is 5.91 Å². The van der Waals surface area contributed by atoms with E-state index in [1.807, 2.05) is 26.8 Å². The number of aromatic nitrogens is 2. The van der Waals surface area contributed by atoms with Gasteiger partial charge in [-0.1, -0.05) is 38.7 Å². The standard InChI is InChI=1S/C11H12N2O.C2H6/c1-3-5-6-10(4-2)11(14)13-8-7-12-9-13;1-2/h3-9H,2H2,1H3;1-2H3/b5-3-,10-6+;. The lowest BCUT2D eigenvalue weighted by atomic mass is 10.2. The first-order valence-corrected chi connectivity index (χ1v) is 5.27. The van der Waals surface area contributed by atoms with E-state index >= 15 is 0 Å². The Bertz CT molecular complexity index is 373. The summed E-state index contributed by atoms with van der Waals surface area (Å²) in [6, 6.07) is 0. The van der Waals surface area contributed by atoms with Crippen LogP contribution in [-0.4, -0.2) is 15.5 Å². The SMILES string of the molecule is C=C/C(=C\C=C/C)C(=O)n1ccnc1.CC. The molecule has 1 aromatic heterocycles. The molecule has 0 spiro atoms. The summed E-state index contributed by atoms with van der Waals surface area (Å²) in [6.07, 6.45) is 11.5. The molecule has 16 heavy (non-hydrogen) atoms. The average Bonchev–Trinajstić information content (AvgIpc) is 2.86. The quantitative estimate of drug-likeness (QED) is 0.576. The minimum absolute atomic E-state index is 0.129. The van der Waals surface area contributed by atoms with Crippen molar-refractivity contribution in [2.75, 3.05) is 0 Å². The van der Waals surface area contributed by atoms with Gasteiger partial charge in [-0.2, -0.15) is 0 Å². The fourth-order valence-corrected chi connectivity index (χ4v) is 0.955. The van der Waals surface area contributed by atoms with Crippen LogP contribution in [0.25, 0.3) is 0 Å². The van der Waals surface area contributed by atoms with E-state index in [0.29, 0.717) is 5.57 Å². The summed E-state index contributed by atoms with van der Waals surface area (Å²) in [5, 5.41) is 0. The molecule has 0 saturated heterocycles. The molecule has 0 bridgehead atoms. The number of hydrogen-bond acceptors (Lipinski definition) is 2. The molecule has 3 nitrogen and oxygen atoms in total. The van der Waals surface area contributed by atoms with Gasteiger partial charge in [0.1, 0.15) is 6.33 Å². The summed E-state index contributed by atoms with van der Waals surface area (Å²) >= 11 is 0. The predicted octanol–water partition coefficient (Wildman–Crippen LogP) is 3.24. The summed E-state index contributed by atoms with van der Waals surface area (Å²) in [6.45, 7) is 9.48. The highest BCUT2D eigenvalue weighted by atomic mass is 16.2. The molecule has 0 fully saturated rings. The van der Waals surface area contributed by atoms with Crippen molar-refractivity contribution in [2.24, 2.45) is 0 Å². The Kier molecular flexibility index (Phi) is 7.41. The van der Waals surface area contributed by atoms with Crippen LogP contribution in [0, 0.1) is 0 Å². The average molecular weight is 218 g/mol. The molecule has 0 saturated carbocycles. The lowest BCUT2D eigenvalue weighted by Gasteiger charge is -1.99. The van der Waals surface area contributed by atoms with Gasteiger partial charge in [-0.05, 0) is 13.0 Å². The fourth-order valence-electron chi connectivity index (χ4n) is 0.955. The van der Waals surface area contributed by atoms with E-state index in [2.05, 4.69) is 11.6 Å². The van der Waals surface area contributed by atoms with Crippen molar-refractivity contribution in [1.82, 2.24) is 9.55 Å². The molecule has 1 heterocycles. The lowest BCUT2D eigenvalue weighted by Crippen LogP contribution is -2.09. The van der Waals surface area contributed by atoms with Crippen molar-refractivity contribution in [3.05, 3.63) is 55.2 Å². The zero-order valence-electron chi connectivity index (χ0n) is 10.1. The Balaban J connectivity index is 0.00000106. The lowest BCUT2D eigenvalue weighted by molar-refractivity contribution is 0.0959. The third kappa shape index (κ3) is 4.09. The second-order valence-corrected chi connectivity index (χ2v) is 2.63. The number of nitrogens with zero attached hydrogens (tertiary/aromatic N) is 2. The fraction of sp³-hybridized carbons (Fsp3) is 0.231. The molecule has 0 unspecified atom stereocenters. The minimum atomic E-state index is -0.129. The second-order valence-electron chi connectivity index (χ2n) is 2.63. The molecule has 86 valence electrons. The summed E-state index contributed by atoms with van der Waals surface area (Å²) in [4.78, 5) is 15.5. The van der Waals surface area contributed by atoms with Gasteiger partial charge in [0, 0.05) is 18.0 Å². The monoisotopic (exact) mass is 218 g/mol. The Hall–Kier alpha value is -1.90. The molecule has 0 aliphatic rings. The first-order chi connectivity index (χ1) is 7.79. The van der Waals surface area contributed by atoms with Crippen LogP contribution in [0.2, 0.25) is 0 Å². The van der Waals surface area contributed by atoms with E-state index in [4.69, 9.17) is 0 Å². The van der Waals surface area contributed by atoms with Gasteiger partial charge in [0.05, 0.1) is 0 Å². The number of allylic oxidation sites excluding steroid dienone is 5. The molecule has 0 radical (unpaired) electrons. The van der Waals surface area contributed by atoms with E-state index in [1.165, 1.54) is 17.0 Å². The van der Waals surface area contributed by atoms with Crippen molar-refractivity contribution < 1.29 is 4.79 Å². The van der Waals surface area contributed by atoms with E-state index in [9.17, 15) is 4.79 Å². The molecule has 0 amide bonds. The van der Waals surface area contributed by atoms with E-state index in [0.717, 1.165) is 0 Å². The van der Waals surface area contributed by atoms with Gasteiger partial charge in [0.25, 0.3) is 5.91 Å². The highest BCUT2D eigenvalue weighted by molar-refractivity contribution is 5.98. The smallest absolute Gasteiger partial charge is 0.263 e. The Labute approximate surface area is 96.8 Å². The van der Waals surface area contributed by atoms with Gasteiger partial charge >= 0.3 is 0 Å². The molecular formula is C13H18N2O. The van der Waals surface area contributed by atoms with E-state index < -0.39 is 0 Å². The second kappa shape index (κ2) is 8.41. The van der Waals surface area contributed by atoms with Crippen LogP contribution < -0.4 is 0 Å². The molecule has 1 aromatic rings.